The molecule has 0 aliphatic carbocycles. The molecular weight excluding hydrogens is 410 g/mol. The van der Waals surface area contributed by atoms with Crippen LogP contribution >= 0.6 is 0 Å². The Morgan fingerprint density at radius 2 is 1.58 bits per heavy atom. The summed E-state index contributed by atoms with van der Waals surface area (Å²) < 4.78 is 0. The largest absolute Gasteiger partial charge is 0.362 e. The van der Waals surface area contributed by atoms with Gasteiger partial charge in [0, 0.05) is 34.3 Å². The summed E-state index contributed by atoms with van der Waals surface area (Å²) in [6.07, 6.45) is 3.71. The predicted molar refractivity (Wildman–Crippen MR) is 130 cm³/mol. The quantitative estimate of drug-likeness (QED) is 0.324. The normalized spacial score (nSPS) is 13.8. The summed E-state index contributed by atoms with van der Waals surface area (Å²) in [5.41, 5.74) is 7.20. The van der Waals surface area contributed by atoms with Gasteiger partial charge in [-0.2, -0.15) is 5.10 Å². The van der Waals surface area contributed by atoms with Gasteiger partial charge in [-0.3, -0.25) is 9.89 Å². The number of hydrogen-bond acceptors (Lipinski definition) is 3. The topological polar surface area (TPSA) is 86.5 Å². The van der Waals surface area contributed by atoms with Crippen molar-refractivity contribution < 1.29 is 4.79 Å². The van der Waals surface area contributed by atoms with E-state index in [0.29, 0.717) is 11.4 Å². The molecule has 1 amide bonds. The molecule has 0 fully saturated rings. The average Bonchev–Trinajstić information content (AvgIpc) is 3.61. The van der Waals surface area contributed by atoms with E-state index in [1.165, 1.54) is 0 Å². The van der Waals surface area contributed by atoms with Crippen LogP contribution in [0, 0.1) is 0 Å². The summed E-state index contributed by atoms with van der Waals surface area (Å²) in [4.78, 5) is 20.3. The fraction of sp³-hybridized carbons (Fsp3) is 0. The van der Waals surface area contributed by atoms with Crippen LogP contribution in [0.15, 0.2) is 91.1 Å². The van der Waals surface area contributed by atoms with Crippen LogP contribution in [-0.2, 0) is 4.79 Å². The Morgan fingerprint density at radius 1 is 0.758 bits per heavy atom. The fourth-order valence-corrected chi connectivity index (χ4v) is 4.06. The highest BCUT2D eigenvalue weighted by atomic mass is 16.2. The van der Waals surface area contributed by atoms with Gasteiger partial charge in [0.05, 0.1) is 5.57 Å². The number of amides is 1. The first-order valence-electron chi connectivity index (χ1n) is 10.6. The molecule has 1 aliphatic heterocycles. The molecule has 0 saturated heterocycles. The molecule has 6 nitrogen and oxygen atoms in total. The van der Waals surface area contributed by atoms with Crippen LogP contribution in [0.25, 0.3) is 45.6 Å². The number of aromatic amines is 2. The molecule has 1 aliphatic rings. The van der Waals surface area contributed by atoms with Gasteiger partial charge >= 0.3 is 0 Å². The summed E-state index contributed by atoms with van der Waals surface area (Å²) in [7, 11) is 0. The number of nitrogens with zero attached hydrogens (tertiary/aromatic N) is 2. The Bertz CT molecular complexity index is 1500. The van der Waals surface area contributed by atoms with E-state index < -0.39 is 0 Å². The molecule has 0 spiro atoms. The Hall–Kier alpha value is -4.71. The van der Waals surface area contributed by atoms with Crippen molar-refractivity contribution in [3.8, 4) is 33.9 Å². The second-order valence-electron chi connectivity index (χ2n) is 7.85. The molecule has 6 rings (SSSR count). The first-order chi connectivity index (χ1) is 16.2. The zero-order valence-corrected chi connectivity index (χ0v) is 17.5. The summed E-state index contributed by atoms with van der Waals surface area (Å²) in [6, 6.07) is 27.9. The Balaban J connectivity index is 1.33. The van der Waals surface area contributed by atoms with Crippen molar-refractivity contribution in [3.05, 3.63) is 102 Å². The third kappa shape index (κ3) is 3.53. The third-order valence-corrected chi connectivity index (χ3v) is 5.71. The Morgan fingerprint density at radius 3 is 2.42 bits per heavy atom. The number of rotatable bonds is 4. The molecule has 3 heterocycles. The molecule has 33 heavy (non-hydrogen) atoms. The van der Waals surface area contributed by atoms with E-state index in [-0.39, 0.29) is 5.91 Å². The van der Waals surface area contributed by atoms with Gasteiger partial charge < -0.3 is 10.3 Å². The van der Waals surface area contributed by atoms with E-state index in [1.54, 1.807) is 0 Å². The molecule has 3 N–H and O–H groups in total. The molecule has 5 aromatic rings. The monoisotopic (exact) mass is 429 g/mol. The van der Waals surface area contributed by atoms with Crippen LogP contribution in [0.3, 0.4) is 0 Å². The minimum atomic E-state index is -0.0975. The summed E-state index contributed by atoms with van der Waals surface area (Å²) in [6.45, 7) is 0. The summed E-state index contributed by atoms with van der Waals surface area (Å²) in [5, 5.41) is 10.4. The lowest BCUT2D eigenvalue weighted by molar-refractivity contribution is -0.110. The van der Waals surface area contributed by atoms with Gasteiger partial charge in [-0.1, -0.05) is 60.7 Å². The molecular formula is C27H19N5O. The van der Waals surface area contributed by atoms with Crippen LogP contribution in [0.5, 0.6) is 0 Å². The number of nitrogens with one attached hydrogen (secondary N) is 3. The summed E-state index contributed by atoms with van der Waals surface area (Å²) >= 11 is 0. The molecule has 3 aromatic carbocycles. The van der Waals surface area contributed by atoms with Gasteiger partial charge in [-0.15, -0.1) is 0 Å². The number of benzene rings is 3. The molecule has 0 unspecified atom stereocenters. The van der Waals surface area contributed by atoms with Crippen molar-refractivity contribution in [3.63, 3.8) is 0 Å². The maximum Gasteiger partial charge on any atom is 0.256 e. The summed E-state index contributed by atoms with van der Waals surface area (Å²) in [5.74, 6) is 1.28. The lowest BCUT2D eigenvalue weighted by atomic mass is 9.98. The van der Waals surface area contributed by atoms with Crippen molar-refractivity contribution in [2.24, 2.45) is 0 Å². The number of aromatic nitrogens is 4. The van der Waals surface area contributed by atoms with Crippen molar-refractivity contribution >= 4 is 23.2 Å². The first-order valence-corrected chi connectivity index (χ1v) is 10.6. The highest BCUT2D eigenvalue weighted by Gasteiger charge is 2.24. The maximum absolute atomic E-state index is 12.6. The zero-order chi connectivity index (χ0) is 22.2. The molecule has 2 aromatic heterocycles. The average molecular weight is 429 g/mol. The molecule has 0 radical (unpaired) electrons. The van der Waals surface area contributed by atoms with Crippen molar-refractivity contribution in [2.75, 3.05) is 5.32 Å². The van der Waals surface area contributed by atoms with Crippen LogP contribution < -0.4 is 5.32 Å². The van der Waals surface area contributed by atoms with Crippen molar-refractivity contribution in [1.82, 2.24) is 20.2 Å². The number of anilines is 1. The van der Waals surface area contributed by atoms with Crippen LogP contribution in [-0.4, -0.2) is 26.1 Å². The zero-order valence-electron chi connectivity index (χ0n) is 17.5. The van der Waals surface area contributed by atoms with Crippen LogP contribution in [0.1, 0.15) is 11.3 Å². The second kappa shape index (κ2) is 7.76. The van der Waals surface area contributed by atoms with Crippen molar-refractivity contribution in [2.45, 2.75) is 0 Å². The van der Waals surface area contributed by atoms with Gasteiger partial charge in [-0.05, 0) is 41.5 Å². The number of carbonyl (C=O) groups is 1. The first kappa shape index (κ1) is 19.0. The molecule has 0 saturated carbocycles. The van der Waals surface area contributed by atoms with E-state index in [0.717, 1.165) is 45.0 Å². The number of carbonyl (C=O) groups excluding carboxylic acids is 1. The molecule has 158 valence electrons. The Kier molecular flexibility index (Phi) is 4.47. The number of fused-ring (bicyclic) bond motifs is 1. The van der Waals surface area contributed by atoms with E-state index in [9.17, 15) is 4.79 Å². The third-order valence-electron chi connectivity index (χ3n) is 5.71. The van der Waals surface area contributed by atoms with E-state index >= 15 is 0 Å². The highest BCUT2D eigenvalue weighted by molar-refractivity contribution is 6.35. The van der Waals surface area contributed by atoms with Crippen molar-refractivity contribution in [1.29, 1.82) is 0 Å². The number of hydrogen-bond donors (Lipinski definition) is 3. The van der Waals surface area contributed by atoms with Gasteiger partial charge in [0.25, 0.3) is 5.91 Å². The van der Waals surface area contributed by atoms with E-state index in [2.05, 4.69) is 31.5 Å². The minimum Gasteiger partial charge on any atom is -0.362 e. The maximum atomic E-state index is 12.6. The number of H-pyrrole nitrogens is 2. The minimum absolute atomic E-state index is 0.0975. The van der Waals surface area contributed by atoms with Gasteiger partial charge in [0.1, 0.15) is 0 Å². The SMILES string of the molecule is O=C1Nc2cc(-c3cccc(-c4n[nH]c(-c5ccccc5)n4)c3)ccc2/C1=C/c1ccc[nH]1. The second-order valence-corrected chi connectivity index (χ2v) is 7.85. The lowest BCUT2D eigenvalue weighted by Crippen LogP contribution is -2.03. The predicted octanol–water partition coefficient (Wildman–Crippen LogP) is 5.63. The van der Waals surface area contributed by atoms with E-state index in [4.69, 9.17) is 0 Å². The van der Waals surface area contributed by atoms with Gasteiger partial charge in [0.15, 0.2) is 11.6 Å². The standard InChI is InChI=1S/C27H19N5O/c33-27-23(16-21-10-5-13-28-21)22-12-11-19(15-24(22)29-27)18-8-4-9-20(14-18)26-30-25(31-32-26)17-6-2-1-3-7-17/h1-16,28H,(H,29,33)(H,30,31,32)/b23-16-. The fourth-order valence-electron chi connectivity index (χ4n) is 4.06. The van der Waals surface area contributed by atoms with Gasteiger partial charge in [-0.25, -0.2) is 4.98 Å². The van der Waals surface area contributed by atoms with Gasteiger partial charge in [0.2, 0.25) is 0 Å². The van der Waals surface area contributed by atoms with Crippen LogP contribution in [0.4, 0.5) is 5.69 Å². The highest BCUT2D eigenvalue weighted by Crippen LogP contribution is 2.36. The Labute approximate surface area is 190 Å². The van der Waals surface area contributed by atoms with Crippen LogP contribution in [0.2, 0.25) is 0 Å². The molecule has 0 atom stereocenters. The van der Waals surface area contributed by atoms with E-state index in [1.807, 2.05) is 91.1 Å². The smallest absolute Gasteiger partial charge is 0.256 e. The molecule has 0 bridgehead atoms. The lowest BCUT2D eigenvalue weighted by Gasteiger charge is -2.06. The molecule has 6 heteroatoms.